The molecule has 22 heavy (non-hydrogen) atoms. The highest BCUT2D eigenvalue weighted by Gasteiger charge is 2.14. The van der Waals surface area contributed by atoms with Gasteiger partial charge in [0.05, 0.1) is 12.2 Å². The highest BCUT2D eigenvalue weighted by atomic mass is 32.1. The minimum atomic E-state index is -0.125. The maximum Gasteiger partial charge on any atom is 0.315 e. The topological polar surface area (TPSA) is 59.0 Å². The first-order valence-corrected chi connectivity index (χ1v) is 8.32. The predicted octanol–water partition coefficient (Wildman–Crippen LogP) is 2.84. The van der Waals surface area contributed by atoms with Crippen molar-refractivity contribution >= 4 is 17.4 Å². The van der Waals surface area contributed by atoms with Gasteiger partial charge in [-0.15, -0.1) is 11.3 Å². The Morgan fingerprint density at radius 1 is 1.41 bits per heavy atom. The molecule has 0 unspecified atom stereocenters. The van der Waals surface area contributed by atoms with Crippen LogP contribution in [0.1, 0.15) is 34.3 Å². The fourth-order valence-corrected chi connectivity index (χ4v) is 3.34. The summed E-state index contributed by atoms with van der Waals surface area (Å²) < 4.78 is 1.89. The standard InChI is InChI=1S/C16H24N4OS/c1-10-6-7-22-15(10)9-17-16(21)18-11(2)8-14-12(3)19-20(5)13(14)4/h6-7,11H,8-9H2,1-5H3,(H2,17,18,21)/t11-/m0/s1. The van der Waals surface area contributed by atoms with E-state index in [1.165, 1.54) is 16.0 Å². The number of aryl methyl sites for hydroxylation is 3. The van der Waals surface area contributed by atoms with E-state index in [0.29, 0.717) is 6.54 Å². The molecule has 0 saturated heterocycles. The van der Waals surface area contributed by atoms with Crippen LogP contribution in [0, 0.1) is 20.8 Å². The summed E-state index contributed by atoms with van der Waals surface area (Å²) in [6.45, 7) is 8.72. The minimum Gasteiger partial charge on any atom is -0.335 e. The van der Waals surface area contributed by atoms with Crippen LogP contribution >= 0.6 is 11.3 Å². The maximum absolute atomic E-state index is 12.0. The number of carbonyl (C=O) groups excluding carboxylic acids is 1. The Labute approximate surface area is 135 Å². The van der Waals surface area contributed by atoms with Crippen molar-refractivity contribution in [1.29, 1.82) is 0 Å². The van der Waals surface area contributed by atoms with E-state index in [0.717, 1.165) is 17.8 Å². The Kier molecular flexibility index (Phi) is 5.24. The lowest BCUT2D eigenvalue weighted by atomic mass is 10.1. The molecule has 0 spiro atoms. The zero-order valence-corrected chi connectivity index (χ0v) is 14.7. The number of hydrogen-bond acceptors (Lipinski definition) is 3. The van der Waals surface area contributed by atoms with Gasteiger partial charge in [-0.25, -0.2) is 4.79 Å². The molecule has 0 radical (unpaired) electrons. The van der Waals surface area contributed by atoms with Crippen LogP contribution in [-0.4, -0.2) is 21.9 Å². The molecular weight excluding hydrogens is 296 g/mol. The molecule has 2 rings (SSSR count). The van der Waals surface area contributed by atoms with Crippen LogP contribution in [0.5, 0.6) is 0 Å². The van der Waals surface area contributed by atoms with Crippen molar-refractivity contribution in [2.75, 3.05) is 0 Å². The van der Waals surface area contributed by atoms with Gasteiger partial charge in [0.25, 0.3) is 0 Å². The fraction of sp³-hybridized carbons (Fsp3) is 0.500. The second kappa shape index (κ2) is 6.96. The molecule has 2 aromatic heterocycles. The monoisotopic (exact) mass is 320 g/mol. The number of amides is 2. The first-order valence-electron chi connectivity index (χ1n) is 7.45. The lowest BCUT2D eigenvalue weighted by molar-refractivity contribution is 0.237. The number of rotatable bonds is 5. The summed E-state index contributed by atoms with van der Waals surface area (Å²) in [5.41, 5.74) is 4.62. The Morgan fingerprint density at radius 3 is 2.68 bits per heavy atom. The molecule has 2 aromatic rings. The summed E-state index contributed by atoms with van der Waals surface area (Å²) in [4.78, 5) is 13.2. The predicted molar refractivity (Wildman–Crippen MR) is 90.3 cm³/mol. The minimum absolute atomic E-state index is 0.0611. The van der Waals surface area contributed by atoms with E-state index in [1.807, 2.05) is 31.0 Å². The van der Waals surface area contributed by atoms with Crippen LogP contribution in [0.25, 0.3) is 0 Å². The van der Waals surface area contributed by atoms with Gasteiger partial charge in [-0.2, -0.15) is 5.10 Å². The zero-order chi connectivity index (χ0) is 16.3. The van der Waals surface area contributed by atoms with E-state index in [2.05, 4.69) is 35.6 Å². The summed E-state index contributed by atoms with van der Waals surface area (Å²) in [6.07, 6.45) is 0.789. The van der Waals surface area contributed by atoms with Crippen LogP contribution < -0.4 is 10.6 Å². The number of aromatic nitrogens is 2. The summed E-state index contributed by atoms with van der Waals surface area (Å²) >= 11 is 1.67. The Bertz CT molecular complexity index is 659. The average Bonchev–Trinajstić information content (AvgIpc) is 2.95. The first kappa shape index (κ1) is 16.5. The molecule has 0 aliphatic rings. The molecule has 2 amide bonds. The van der Waals surface area contributed by atoms with E-state index < -0.39 is 0 Å². The highest BCUT2D eigenvalue weighted by Crippen LogP contribution is 2.15. The molecule has 0 aliphatic carbocycles. The quantitative estimate of drug-likeness (QED) is 0.890. The van der Waals surface area contributed by atoms with Gasteiger partial charge in [0.1, 0.15) is 0 Å². The van der Waals surface area contributed by atoms with Gasteiger partial charge in [-0.3, -0.25) is 4.68 Å². The van der Waals surface area contributed by atoms with Gasteiger partial charge in [-0.05, 0) is 56.7 Å². The number of nitrogens with zero attached hydrogens (tertiary/aromatic N) is 2. The number of nitrogens with one attached hydrogen (secondary N) is 2. The molecular formula is C16H24N4OS. The Morgan fingerprint density at radius 2 is 2.14 bits per heavy atom. The fourth-order valence-electron chi connectivity index (χ4n) is 2.49. The lowest BCUT2D eigenvalue weighted by Crippen LogP contribution is -2.41. The third-order valence-electron chi connectivity index (χ3n) is 3.92. The maximum atomic E-state index is 12.0. The smallest absolute Gasteiger partial charge is 0.315 e. The molecule has 2 N–H and O–H groups in total. The number of hydrogen-bond donors (Lipinski definition) is 2. The normalized spacial score (nSPS) is 12.2. The summed E-state index contributed by atoms with van der Waals surface area (Å²) in [6, 6.07) is 2.00. The summed E-state index contributed by atoms with van der Waals surface area (Å²) in [5.74, 6) is 0. The molecule has 0 bridgehead atoms. The van der Waals surface area contributed by atoms with E-state index in [-0.39, 0.29) is 12.1 Å². The van der Waals surface area contributed by atoms with Gasteiger partial charge in [0, 0.05) is 23.7 Å². The van der Waals surface area contributed by atoms with E-state index >= 15 is 0 Å². The average molecular weight is 320 g/mol. The van der Waals surface area contributed by atoms with E-state index in [4.69, 9.17) is 0 Å². The Hall–Kier alpha value is -1.82. The van der Waals surface area contributed by atoms with Crippen molar-refractivity contribution in [2.45, 2.75) is 46.7 Å². The highest BCUT2D eigenvalue weighted by molar-refractivity contribution is 7.10. The van der Waals surface area contributed by atoms with Crippen molar-refractivity contribution in [2.24, 2.45) is 7.05 Å². The SMILES string of the molecule is Cc1ccsc1CNC(=O)N[C@@H](C)Cc1c(C)nn(C)c1C. The van der Waals surface area contributed by atoms with Gasteiger partial charge >= 0.3 is 6.03 Å². The third kappa shape index (κ3) is 3.88. The Balaban J connectivity index is 1.85. The zero-order valence-electron chi connectivity index (χ0n) is 13.9. The van der Waals surface area contributed by atoms with Crippen LogP contribution in [-0.2, 0) is 20.0 Å². The first-order chi connectivity index (χ1) is 10.4. The molecule has 2 heterocycles. The molecule has 0 saturated carbocycles. The van der Waals surface area contributed by atoms with E-state index in [1.54, 1.807) is 11.3 Å². The number of thiophene rings is 1. The van der Waals surface area contributed by atoms with Gasteiger partial charge in [0.15, 0.2) is 0 Å². The molecule has 0 fully saturated rings. The van der Waals surface area contributed by atoms with Gasteiger partial charge in [-0.1, -0.05) is 0 Å². The van der Waals surface area contributed by atoms with Crippen LogP contribution in [0.15, 0.2) is 11.4 Å². The van der Waals surface area contributed by atoms with Crippen molar-refractivity contribution < 1.29 is 4.79 Å². The summed E-state index contributed by atoms with van der Waals surface area (Å²) in [7, 11) is 1.94. The van der Waals surface area contributed by atoms with E-state index in [9.17, 15) is 4.79 Å². The third-order valence-corrected chi connectivity index (χ3v) is 4.95. The summed E-state index contributed by atoms with van der Waals surface area (Å²) in [5, 5.41) is 12.4. The van der Waals surface area contributed by atoms with Gasteiger partial charge < -0.3 is 10.6 Å². The van der Waals surface area contributed by atoms with Crippen LogP contribution in [0.3, 0.4) is 0 Å². The number of carbonyl (C=O) groups is 1. The van der Waals surface area contributed by atoms with Gasteiger partial charge in [0.2, 0.25) is 0 Å². The molecule has 0 aromatic carbocycles. The molecule has 120 valence electrons. The lowest BCUT2D eigenvalue weighted by Gasteiger charge is -2.15. The molecule has 6 heteroatoms. The second-order valence-corrected chi connectivity index (χ2v) is 6.73. The molecule has 0 aliphatic heterocycles. The largest absolute Gasteiger partial charge is 0.335 e. The van der Waals surface area contributed by atoms with Crippen molar-refractivity contribution in [3.8, 4) is 0 Å². The van der Waals surface area contributed by atoms with Crippen molar-refractivity contribution in [3.63, 3.8) is 0 Å². The molecule has 5 nitrogen and oxygen atoms in total. The van der Waals surface area contributed by atoms with Crippen molar-refractivity contribution in [3.05, 3.63) is 38.8 Å². The van der Waals surface area contributed by atoms with Crippen molar-refractivity contribution in [1.82, 2.24) is 20.4 Å². The van der Waals surface area contributed by atoms with Crippen LogP contribution in [0.4, 0.5) is 4.79 Å². The number of urea groups is 1. The molecule has 1 atom stereocenters. The van der Waals surface area contributed by atoms with Crippen LogP contribution in [0.2, 0.25) is 0 Å². The second-order valence-electron chi connectivity index (χ2n) is 5.73.